The Balaban J connectivity index is 2.77. The van der Waals surface area contributed by atoms with Crippen molar-refractivity contribution in [3.63, 3.8) is 0 Å². The first-order valence-electron chi connectivity index (χ1n) is 4.82. The third kappa shape index (κ3) is 3.33. The molecule has 86 valence electrons. The first-order valence-corrected chi connectivity index (χ1v) is 6.31. The average Bonchev–Trinajstić information content (AvgIpc) is 2.63. The Kier molecular flexibility index (Phi) is 3.90. The molecule has 1 heterocycles. The SMILES string of the molecule is CC(C)CNS(=O)(=O)c1c[nH]c(CN)c1. The van der Waals surface area contributed by atoms with E-state index in [1.165, 1.54) is 6.20 Å². The van der Waals surface area contributed by atoms with Gasteiger partial charge in [0.1, 0.15) is 0 Å². The lowest BCUT2D eigenvalue weighted by Crippen LogP contribution is -2.27. The highest BCUT2D eigenvalue weighted by atomic mass is 32.2. The molecule has 6 heteroatoms. The molecule has 0 amide bonds. The van der Waals surface area contributed by atoms with Gasteiger partial charge in [-0.15, -0.1) is 0 Å². The molecule has 15 heavy (non-hydrogen) atoms. The van der Waals surface area contributed by atoms with Crippen molar-refractivity contribution in [3.8, 4) is 0 Å². The third-order valence-corrected chi connectivity index (χ3v) is 3.33. The molecule has 0 saturated carbocycles. The van der Waals surface area contributed by atoms with Gasteiger partial charge in [-0.25, -0.2) is 13.1 Å². The zero-order chi connectivity index (χ0) is 11.5. The number of hydrogen-bond acceptors (Lipinski definition) is 3. The molecule has 0 spiro atoms. The Morgan fingerprint density at radius 3 is 2.67 bits per heavy atom. The van der Waals surface area contributed by atoms with Crippen LogP contribution in [-0.4, -0.2) is 19.9 Å². The summed E-state index contributed by atoms with van der Waals surface area (Å²) in [6.45, 7) is 4.64. The van der Waals surface area contributed by atoms with Gasteiger partial charge in [-0.2, -0.15) is 0 Å². The van der Waals surface area contributed by atoms with Gasteiger partial charge in [0.2, 0.25) is 10.0 Å². The molecule has 0 aromatic carbocycles. The van der Waals surface area contributed by atoms with Crippen molar-refractivity contribution in [3.05, 3.63) is 18.0 Å². The molecular formula is C9H17N3O2S. The first-order chi connectivity index (χ1) is 6.95. The zero-order valence-electron chi connectivity index (χ0n) is 8.95. The van der Waals surface area contributed by atoms with Crippen LogP contribution >= 0.6 is 0 Å². The van der Waals surface area contributed by atoms with Crippen molar-refractivity contribution in [2.24, 2.45) is 11.7 Å². The predicted octanol–water partition coefficient (Wildman–Crippen LogP) is 0.408. The highest BCUT2D eigenvalue weighted by Crippen LogP contribution is 2.10. The Labute approximate surface area is 90.1 Å². The fourth-order valence-electron chi connectivity index (χ4n) is 1.05. The summed E-state index contributed by atoms with van der Waals surface area (Å²) in [6.07, 6.45) is 1.45. The number of aromatic nitrogens is 1. The second-order valence-corrected chi connectivity index (χ2v) is 5.58. The van der Waals surface area contributed by atoms with Crippen molar-refractivity contribution >= 4 is 10.0 Å². The van der Waals surface area contributed by atoms with Crippen molar-refractivity contribution in [2.75, 3.05) is 6.54 Å². The number of aromatic amines is 1. The second kappa shape index (κ2) is 4.78. The van der Waals surface area contributed by atoms with Crippen molar-refractivity contribution in [2.45, 2.75) is 25.3 Å². The van der Waals surface area contributed by atoms with Gasteiger partial charge in [0.05, 0.1) is 4.90 Å². The van der Waals surface area contributed by atoms with Crippen LogP contribution in [0.4, 0.5) is 0 Å². The van der Waals surface area contributed by atoms with Crippen LogP contribution in [-0.2, 0) is 16.6 Å². The van der Waals surface area contributed by atoms with E-state index in [0.29, 0.717) is 18.8 Å². The summed E-state index contributed by atoms with van der Waals surface area (Å²) in [4.78, 5) is 3.04. The molecule has 5 nitrogen and oxygen atoms in total. The average molecular weight is 231 g/mol. The molecule has 1 aromatic rings. The fraction of sp³-hybridized carbons (Fsp3) is 0.556. The molecule has 0 bridgehead atoms. The van der Waals surface area contributed by atoms with Gasteiger partial charge >= 0.3 is 0 Å². The molecule has 0 saturated heterocycles. The first kappa shape index (κ1) is 12.2. The van der Waals surface area contributed by atoms with Crippen LogP contribution in [0, 0.1) is 5.92 Å². The number of rotatable bonds is 5. The maximum atomic E-state index is 11.7. The van der Waals surface area contributed by atoms with E-state index < -0.39 is 10.0 Å². The van der Waals surface area contributed by atoms with Crippen LogP contribution < -0.4 is 10.5 Å². The molecule has 0 atom stereocenters. The molecule has 0 aliphatic heterocycles. The van der Waals surface area contributed by atoms with Crippen LogP contribution in [0.1, 0.15) is 19.5 Å². The van der Waals surface area contributed by atoms with E-state index in [4.69, 9.17) is 5.73 Å². The number of nitrogens with one attached hydrogen (secondary N) is 2. The second-order valence-electron chi connectivity index (χ2n) is 3.81. The summed E-state index contributed by atoms with van der Waals surface area (Å²) in [7, 11) is -3.38. The van der Waals surface area contributed by atoms with Gasteiger partial charge in [0.15, 0.2) is 0 Å². The van der Waals surface area contributed by atoms with Gasteiger partial charge in [-0.1, -0.05) is 13.8 Å². The van der Waals surface area contributed by atoms with Crippen LogP contribution in [0.3, 0.4) is 0 Å². The normalized spacial score (nSPS) is 12.3. The molecule has 0 aliphatic rings. The molecular weight excluding hydrogens is 214 g/mol. The molecule has 0 radical (unpaired) electrons. The standard InChI is InChI=1S/C9H17N3O2S/c1-7(2)5-12-15(13,14)9-3-8(4-10)11-6-9/h3,6-7,11-12H,4-5,10H2,1-2H3. The summed E-state index contributed by atoms with van der Waals surface area (Å²) < 4.78 is 25.9. The van der Waals surface area contributed by atoms with E-state index in [2.05, 4.69) is 9.71 Å². The largest absolute Gasteiger partial charge is 0.363 e. The maximum Gasteiger partial charge on any atom is 0.242 e. The predicted molar refractivity (Wildman–Crippen MR) is 58.7 cm³/mol. The Morgan fingerprint density at radius 1 is 1.53 bits per heavy atom. The molecule has 0 aliphatic carbocycles. The Hall–Kier alpha value is -0.850. The van der Waals surface area contributed by atoms with Crippen molar-refractivity contribution in [1.82, 2.24) is 9.71 Å². The summed E-state index contributed by atoms with van der Waals surface area (Å²) in [5, 5.41) is 0. The molecule has 1 aromatic heterocycles. The number of H-pyrrole nitrogens is 1. The van der Waals surface area contributed by atoms with E-state index in [9.17, 15) is 8.42 Å². The molecule has 0 fully saturated rings. The number of sulfonamides is 1. The third-order valence-electron chi connectivity index (χ3n) is 1.93. The van der Waals surface area contributed by atoms with Gasteiger partial charge < -0.3 is 10.7 Å². The van der Waals surface area contributed by atoms with E-state index in [1.54, 1.807) is 6.07 Å². The smallest absolute Gasteiger partial charge is 0.242 e. The minimum Gasteiger partial charge on any atom is -0.363 e. The number of nitrogens with two attached hydrogens (primary N) is 1. The van der Waals surface area contributed by atoms with E-state index in [1.807, 2.05) is 13.8 Å². The van der Waals surface area contributed by atoms with Crippen molar-refractivity contribution in [1.29, 1.82) is 0 Å². The summed E-state index contributed by atoms with van der Waals surface area (Å²) in [5.41, 5.74) is 6.09. The minimum absolute atomic E-state index is 0.239. The summed E-state index contributed by atoms with van der Waals surface area (Å²) in [5.74, 6) is 0.285. The Bertz CT molecular complexity index is 409. The highest BCUT2D eigenvalue weighted by molar-refractivity contribution is 7.89. The van der Waals surface area contributed by atoms with E-state index in [0.717, 1.165) is 0 Å². The molecule has 0 unspecified atom stereocenters. The number of hydrogen-bond donors (Lipinski definition) is 3. The minimum atomic E-state index is -3.38. The Morgan fingerprint density at radius 2 is 2.20 bits per heavy atom. The van der Waals surface area contributed by atoms with E-state index in [-0.39, 0.29) is 10.8 Å². The summed E-state index contributed by atoms with van der Waals surface area (Å²) >= 11 is 0. The highest BCUT2D eigenvalue weighted by Gasteiger charge is 2.15. The van der Waals surface area contributed by atoms with Crippen LogP contribution in [0.15, 0.2) is 17.2 Å². The van der Waals surface area contributed by atoms with Gasteiger partial charge in [0, 0.05) is 25.0 Å². The quantitative estimate of drug-likeness (QED) is 0.685. The lowest BCUT2D eigenvalue weighted by Gasteiger charge is -2.06. The monoisotopic (exact) mass is 231 g/mol. The zero-order valence-corrected chi connectivity index (χ0v) is 9.76. The van der Waals surface area contributed by atoms with Crippen LogP contribution in [0.2, 0.25) is 0 Å². The van der Waals surface area contributed by atoms with Gasteiger partial charge in [-0.05, 0) is 12.0 Å². The fourth-order valence-corrected chi connectivity index (χ4v) is 2.28. The lowest BCUT2D eigenvalue weighted by molar-refractivity contribution is 0.560. The summed E-state index contributed by atoms with van der Waals surface area (Å²) in [6, 6.07) is 1.54. The van der Waals surface area contributed by atoms with E-state index >= 15 is 0 Å². The van der Waals surface area contributed by atoms with Crippen LogP contribution in [0.25, 0.3) is 0 Å². The van der Waals surface area contributed by atoms with Crippen LogP contribution in [0.5, 0.6) is 0 Å². The lowest BCUT2D eigenvalue weighted by atomic mass is 10.2. The molecule has 4 N–H and O–H groups in total. The maximum absolute atomic E-state index is 11.7. The topological polar surface area (TPSA) is 88.0 Å². The van der Waals surface area contributed by atoms with Gasteiger partial charge in [-0.3, -0.25) is 0 Å². The van der Waals surface area contributed by atoms with Crippen molar-refractivity contribution < 1.29 is 8.42 Å². The molecule has 1 rings (SSSR count). The van der Waals surface area contributed by atoms with Gasteiger partial charge in [0.25, 0.3) is 0 Å².